The molecule has 0 unspecified atom stereocenters. The van der Waals surface area contributed by atoms with Gasteiger partial charge in [-0.2, -0.15) is 0 Å². The molecule has 0 spiro atoms. The Kier molecular flexibility index (Phi) is 4.44. The van der Waals surface area contributed by atoms with Crippen LogP contribution in [0.15, 0.2) is 61.9 Å². The van der Waals surface area contributed by atoms with Gasteiger partial charge in [0.2, 0.25) is 0 Å². The van der Waals surface area contributed by atoms with Crippen molar-refractivity contribution in [3.05, 3.63) is 58.3 Å². The van der Waals surface area contributed by atoms with Crippen LogP contribution >= 0.6 is 27.7 Å². The van der Waals surface area contributed by atoms with E-state index in [2.05, 4.69) is 21.1 Å². The van der Waals surface area contributed by atoms with Crippen molar-refractivity contribution in [3.8, 4) is 0 Å². The van der Waals surface area contributed by atoms with Crippen LogP contribution in [0.2, 0.25) is 0 Å². The molecule has 2 rings (SSSR count). The molecule has 3 N–H and O–H groups in total. The number of amidine groups is 1. The third-order valence-corrected chi connectivity index (χ3v) is 4.47. The Morgan fingerprint density at radius 1 is 1.21 bits per heavy atom. The van der Waals surface area contributed by atoms with E-state index >= 15 is 0 Å². The van der Waals surface area contributed by atoms with Gasteiger partial charge in [0.1, 0.15) is 5.82 Å². The monoisotopic (exact) mass is 340 g/mol. The Balaban J connectivity index is 2.30. The van der Waals surface area contributed by atoms with Crippen LogP contribution in [-0.2, 0) is 0 Å². The minimum atomic E-state index is -0.412. The van der Waals surface area contributed by atoms with Crippen LogP contribution in [0, 0.1) is 5.82 Å². The van der Waals surface area contributed by atoms with Crippen molar-refractivity contribution in [2.24, 2.45) is 10.9 Å². The molecule has 0 saturated heterocycles. The van der Waals surface area contributed by atoms with Crippen molar-refractivity contribution in [1.82, 2.24) is 0 Å². The Hall–Kier alpha value is -1.53. The minimum absolute atomic E-state index is 0.114. The summed E-state index contributed by atoms with van der Waals surface area (Å²) in [4.78, 5) is 1.39. The highest BCUT2D eigenvalue weighted by Gasteiger charge is 2.09. The van der Waals surface area contributed by atoms with Gasteiger partial charge in [-0.05, 0) is 46.3 Å². The lowest BCUT2D eigenvalue weighted by Crippen LogP contribution is -2.13. The Morgan fingerprint density at radius 3 is 2.58 bits per heavy atom. The maximum Gasteiger partial charge on any atom is 0.170 e. The lowest BCUT2D eigenvalue weighted by molar-refractivity contribution is 0.318. The Labute approximate surface area is 122 Å². The fourth-order valence-corrected chi connectivity index (χ4v) is 2.82. The molecule has 0 aromatic heterocycles. The maximum atomic E-state index is 13.9. The number of hydrogen-bond donors (Lipinski definition) is 2. The molecule has 0 amide bonds. The topological polar surface area (TPSA) is 58.6 Å². The van der Waals surface area contributed by atoms with E-state index in [1.807, 2.05) is 24.3 Å². The quantitative estimate of drug-likeness (QED) is 0.386. The summed E-state index contributed by atoms with van der Waals surface area (Å²) in [5.41, 5.74) is 5.75. The number of halogens is 2. The van der Waals surface area contributed by atoms with E-state index in [9.17, 15) is 4.39 Å². The second-order valence-corrected chi connectivity index (χ2v) is 5.60. The first-order valence-electron chi connectivity index (χ1n) is 5.31. The highest BCUT2D eigenvalue weighted by atomic mass is 79.9. The van der Waals surface area contributed by atoms with Gasteiger partial charge in [0, 0.05) is 19.8 Å². The van der Waals surface area contributed by atoms with E-state index in [1.54, 1.807) is 12.1 Å². The van der Waals surface area contributed by atoms with Crippen molar-refractivity contribution in [2.75, 3.05) is 0 Å². The second-order valence-electron chi connectivity index (χ2n) is 3.66. The fraction of sp³-hybridized carbons (Fsp3) is 0. The smallest absolute Gasteiger partial charge is 0.170 e. The highest BCUT2D eigenvalue weighted by Crippen LogP contribution is 2.34. The molecular formula is C13H10BrFN2OS. The Morgan fingerprint density at radius 2 is 1.95 bits per heavy atom. The van der Waals surface area contributed by atoms with E-state index < -0.39 is 5.82 Å². The zero-order valence-electron chi connectivity index (χ0n) is 9.68. The number of nitrogens with two attached hydrogens (primary N) is 1. The predicted octanol–water partition coefficient (Wildman–Crippen LogP) is 3.83. The summed E-state index contributed by atoms with van der Waals surface area (Å²) in [5.74, 6) is -0.527. The van der Waals surface area contributed by atoms with E-state index in [4.69, 9.17) is 10.9 Å². The molecule has 19 heavy (non-hydrogen) atoms. The molecule has 2 aromatic rings. The summed E-state index contributed by atoms with van der Waals surface area (Å²) in [5, 5.41) is 11.4. The zero-order chi connectivity index (χ0) is 13.8. The lowest BCUT2D eigenvalue weighted by Gasteiger charge is -2.06. The first kappa shape index (κ1) is 13.9. The van der Waals surface area contributed by atoms with Gasteiger partial charge in [0.25, 0.3) is 0 Å². The summed E-state index contributed by atoms with van der Waals surface area (Å²) >= 11 is 4.72. The van der Waals surface area contributed by atoms with Gasteiger partial charge in [-0.15, -0.1) is 0 Å². The summed E-state index contributed by atoms with van der Waals surface area (Å²) in [6.45, 7) is 0. The van der Waals surface area contributed by atoms with Gasteiger partial charge >= 0.3 is 0 Å². The molecule has 0 aliphatic heterocycles. The molecule has 2 aromatic carbocycles. The molecule has 3 nitrogen and oxygen atoms in total. The number of rotatable bonds is 3. The number of benzene rings is 2. The largest absolute Gasteiger partial charge is 0.409 e. The molecule has 6 heteroatoms. The van der Waals surface area contributed by atoms with Gasteiger partial charge < -0.3 is 10.9 Å². The SMILES string of the molecule is N/C(=N\O)c1ccc(Sc2ccccc2Br)c(F)c1. The van der Waals surface area contributed by atoms with Gasteiger partial charge in [-0.1, -0.05) is 29.1 Å². The summed E-state index contributed by atoms with van der Waals surface area (Å²) < 4.78 is 14.8. The van der Waals surface area contributed by atoms with Crippen molar-refractivity contribution >= 4 is 33.5 Å². The molecule has 0 aliphatic carbocycles. The summed E-state index contributed by atoms with van der Waals surface area (Å²) in [6, 6.07) is 12.0. The molecule has 0 radical (unpaired) electrons. The first-order valence-corrected chi connectivity index (χ1v) is 6.92. The van der Waals surface area contributed by atoms with Crippen LogP contribution < -0.4 is 5.73 Å². The van der Waals surface area contributed by atoms with Crippen LogP contribution in [0.4, 0.5) is 4.39 Å². The third kappa shape index (κ3) is 3.27. The number of oxime groups is 1. The van der Waals surface area contributed by atoms with Gasteiger partial charge in [0.05, 0.1) is 0 Å². The maximum absolute atomic E-state index is 13.9. The van der Waals surface area contributed by atoms with Crippen LogP contribution in [0.3, 0.4) is 0 Å². The van der Waals surface area contributed by atoms with Crippen LogP contribution in [0.25, 0.3) is 0 Å². The van der Waals surface area contributed by atoms with Gasteiger partial charge in [0.15, 0.2) is 5.84 Å². The molecule has 0 fully saturated rings. The third-order valence-electron chi connectivity index (χ3n) is 2.39. The van der Waals surface area contributed by atoms with Crippen molar-refractivity contribution < 1.29 is 9.60 Å². The fourth-order valence-electron chi connectivity index (χ4n) is 1.45. The van der Waals surface area contributed by atoms with Crippen LogP contribution in [-0.4, -0.2) is 11.0 Å². The van der Waals surface area contributed by atoms with Crippen LogP contribution in [0.5, 0.6) is 0 Å². The second kappa shape index (κ2) is 6.08. The molecule has 98 valence electrons. The average molecular weight is 341 g/mol. The first-order chi connectivity index (χ1) is 9.11. The van der Waals surface area contributed by atoms with Crippen molar-refractivity contribution in [3.63, 3.8) is 0 Å². The summed E-state index contributed by atoms with van der Waals surface area (Å²) in [7, 11) is 0. The van der Waals surface area contributed by atoms with Gasteiger partial charge in [-0.25, -0.2) is 4.39 Å². The molecule has 0 bridgehead atoms. The number of nitrogens with zero attached hydrogens (tertiary/aromatic N) is 1. The molecule has 0 heterocycles. The molecular weight excluding hydrogens is 331 g/mol. The van der Waals surface area contributed by atoms with Crippen molar-refractivity contribution in [1.29, 1.82) is 0 Å². The zero-order valence-corrected chi connectivity index (χ0v) is 12.1. The van der Waals surface area contributed by atoms with E-state index in [-0.39, 0.29) is 5.84 Å². The lowest BCUT2D eigenvalue weighted by atomic mass is 10.2. The van der Waals surface area contributed by atoms with Crippen LogP contribution in [0.1, 0.15) is 5.56 Å². The normalized spacial score (nSPS) is 11.6. The van der Waals surface area contributed by atoms with Crippen molar-refractivity contribution in [2.45, 2.75) is 9.79 Å². The van der Waals surface area contributed by atoms with E-state index in [0.717, 1.165) is 9.37 Å². The Bertz CT molecular complexity index is 634. The predicted molar refractivity (Wildman–Crippen MR) is 77.2 cm³/mol. The number of hydrogen-bond acceptors (Lipinski definition) is 3. The average Bonchev–Trinajstić information content (AvgIpc) is 2.42. The highest BCUT2D eigenvalue weighted by molar-refractivity contribution is 9.10. The molecule has 0 saturated carbocycles. The molecule has 0 aliphatic rings. The molecule has 0 atom stereocenters. The van der Waals surface area contributed by atoms with E-state index in [0.29, 0.717) is 10.5 Å². The minimum Gasteiger partial charge on any atom is -0.409 e. The van der Waals surface area contributed by atoms with Gasteiger partial charge in [-0.3, -0.25) is 0 Å². The standard InChI is InChI=1S/C13H10BrFN2OS/c14-9-3-1-2-4-11(9)19-12-6-5-8(7-10(12)15)13(16)17-18/h1-7,18H,(H2,16,17). The summed E-state index contributed by atoms with van der Waals surface area (Å²) in [6.07, 6.45) is 0. The van der Waals surface area contributed by atoms with E-state index in [1.165, 1.54) is 17.8 Å².